The van der Waals surface area contributed by atoms with Crippen molar-refractivity contribution in [3.05, 3.63) is 42.7 Å². The lowest BCUT2D eigenvalue weighted by Gasteiger charge is -2.15. The van der Waals surface area contributed by atoms with Crippen LogP contribution in [0.25, 0.3) is 0 Å². The van der Waals surface area contributed by atoms with Crippen LogP contribution in [-0.2, 0) is 0 Å². The molecule has 5 heteroatoms. The van der Waals surface area contributed by atoms with Crippen molar-refractivity contribution in [2.24, 2.45) is 0 Å². The maximum Gasteiger partial charge on any atom is 0.316 e. The van der Waals surface area contributed by atoms with E-state index in [0.717, 1.165) is 24.3 Å². The molecule has 0 saturated heterocycles. The SMILES string of the molecule is CCC(CC)Oc1ccc(OCCOc2ncccn2)cc1. The fraction of sp³-hybridized carbons (Fsp3) is 0.412. The summed E-state index contributed by atoms with van der Waals surface area (Å²) in [6.07, 6.45) is 5.57. The number of rotatable bonds is 9. The molecule has 0 saturated carbocycles. The van der Waals surface area contributed by atoms with Crippen molar-refractivity contribution in [1.29, 1.82) is 0 Å². The van der Waals surface area contributed by atoms with Gasteiger partial charge in [-0.15, -0.1) is 0 Å². The van der Waals surface area contributed by atoms with E-state index in [-0.39, 0.29) is 6.10 Å². The molecule has 2 rings (SSSR count). The van der Waals surface area contributed by atoms with Gasteiger partial charge in [-0.1, -0.05) is 13.8 Å². The Morgan fingerprint density at radius 1 is 0.864 bits per heavy atom. The molecule has 1 aromatic heterocycles. The van der Waals surface area contributed by atoms with Gasteiger partial charge in [0.1, 0.15) is 24.7 Å². The molecule has 5 nitrogen and oxygen atoms in total. The van der Waals surface area contributed by atoms with Crippen molar-refractivity contribution >= 4 is 0 Å². The van der Waals surface area contributed by atoms with Crippen LogP contribution < -0.4 is 14.2 Å². The molecule has 0 spiro atoms. The lowest BCUT2D eigenvalue weighted by molar-refractivity contribution is 0.191. The molecular weight excluding hydrogens is 280 g/mol. The summed E-state index contributed by atoms with van der Waals surface area (Å²) in [6.45, 7) is 5.09. The minimum Gasteiger partial charge on any atom is -0.490 e. The maximum atomic E-state index is 5.85. The Morgan fingerprint density at radius 3 is 2.09 bits per heavy atom. The van der Waals surface area contributed by atoms with Crippen LogP contribution in [0.3, 0.4) is 0 Å². The van der Waals surface area contributed by atoms with Crippen molar-refractivity contribution in [2.45, 2.75) is 32.8 Å². The van der Waals surface area contributed by atoms with Gasteiger partial charge in [0, 0.05) is 12.4 Å². The van der Waals surface area contributed by atoms with Gasteiger partial charge >= 0.3 is 6.01 Å². The predicted molar refractivity (Wildman–Crippen MR) is 84.5 cm³/mol. The minimum absolute atomic E-state index is 0.269. The average molecular weight is 302 g/mol. The normalized spacial score (nSPS) is 10.5. The van der Waals surface area contributed by atoms with Gasteiger partial charge in [0.15, 0.2) is 0 Å². The molecule has 0 unspecified atom stereocenters. The first kappa shape index (κ1) is 16.1. The zero-order chi connectivity index (χ0) is 15.6. The minimum atomic E-state index is 0.269. The van der Waals surface area contributed by atoms with Crippen molar-refractivity contribution in [3.8, 4) is 17.5 Å². The van der Waals surface area contributed by atoms with Gasteiger partial charge in [0.25, 0.3) is 0 Å². The molecule has 0 bridgehead atoms. The lowest BCUT2D eigenvalue weighted by atomic mass is 10.2. The van der Waals surface area contributed by atoms with Gasteiger partial charge in [-0.2, -0.15) is 0 Å². The van der Waals surface area contributed by atoms with Gasteiger partial charge in [0.05, 0.1) is 6.10 Å². The van der Waals surface area contributed by atoms with Gasteiger partial charge in [-0.05, 0) is 43.2 Å². The summed E-state index contributed by atoms with van der Waals surface area (Å²) in [5.41, 5.74) is 0. The van der Waals surface area contributed by atoms with Crippen LogP contribution in [0.1, 0.15) is 26.7 Å². The summed E-state index contributed by atoms with van der Waals surface area (Å²) in [5, 5.41) is 0. The van der Waals surface area contributed by atoms with E-state index in [2.05, 4.69) is 23.8 Å². The highest BCUT2D eigenvalue weighted by Gasteiger charge is 2.05. The molecule has 0 aliphatic rings. The van der Waals surface area contributed by atoms with Crippen molar-refractivity contribution in [1.82, 2.24) is 9.97 Å². The summed E-state index contributed by atoms with van der Waals surface area (Å²) in [7, 11) is 0. The molecule has 0 atom stereocenters. The Balaban J connectivity index is 1.72. The van der Waals surface area contributed by atoms with Gasteiger partial charge in [-0.25, -0.2) is 9.97 Å². The zero-order valence-corrected chi connectivity index (χ0v) is 13.1. The molecule has 0 amide bonds. The van der Waals surface area contributed by atoms with Crippen LogP contribution in [-0.4, -0.2) is 29.3 Å². The Hall–Kier alpha value is -2.30. The van der Waals surface area contributed by atoms with E-state index >= 15 is 0 Å². The fourth-order valence-electron chi connectivity index (χ4n) is 1.91. The average Bonchev–Trinajstić information content (AvgIpc) is 2.58. The number of aromatic nitrogens is 2. The fourth-order valence-corrected chi connectivity index (χ4v) is 1.91. The van der Waals surface area contributed by atoms with E-state index in [1.165, 1.54) is 0 Å². The summed E-state index contributed by atoms with van der Waals surface area (Å²) >= 11 is 0. The van der Waals surface area contributed by atoms with Gasteiger partial charge in [0.2, 0.25) is 0 Å². The van der Waals surface area contributed by atoms with Crippen LogP contribution in [0.4, 0.5) is 0 Å². The highest BCUT2D eigenvalue weighted by atomic mass is 16.5. The molecule has 1 heterocycles. The molecule has 1 aromatic carbocycles. The Morgan fingerprint density at radius 2 is 1.45 bits per heavy atom. The summed E-state index contributed by atoms with van der Waals surface area (Å²) in [4.78, 5) is 7.95. The third-order valence-electron chi connectivity index (χ3n) is 3.16. The largest absolute Gasteiger partial charge is 0.490 e. The molecule has 0 fully saturated rings. The summed E-state index contributed by atoms with van der Waals surface area (Å²) in [6, 6.07) is 9.76. The van der Waals surface area contributed by atoms with E-state index in [9.17, 15) is 0 Å². The van der Waals surface area contributed by atoms with Crippen LogP contribution in [0, 0.1) is 0 Å². The summed E-state index contributed by atoms with van der Waals surface area (Å²) < 4.78 is 16.8. The second kappa shape index (κ2) is 8.87. The number of hydrogen-bond acceptors (Lipinski definition) is 5. The number of benzene rings is 1. The topological polar surface area (TPSA) is 53.5 Å². The molecule has 0 aliphatic heterocycles. The van der Waals surface area contributed by atoms with E-state index in [0.29, 0.717) is 19.2 Å². The van der Waals surface area contributed by atoms with Crippen LogP contribution >= 0.6 is 0 Å². The van der Waals surface area contributed by atoms with E-state index in [1.807, 2.05) is 24.3 Å². The van der Waals surface area contributed by atoms with Crippen molar-refractivity contribution in [3.63, 3.8) is 0 Å². The Labute approximate surface area is 131 Å². The predicted octanol–water partition coefficient (Wildman–Crippen LogP) is 3.50. The molecular formula is C17H22N2O3. The third-order valence-corrected chi connectivity index (χ3v) is 3.16. The van der Waals surface area contributed by atoms with E-state index < -0.39 is 0 Å². The number of ether oxygens (including phenoxy) is 3. The van der Waals surface area contributed by atoms with E-state index in [4.69, 9.17) is 14.2 Å². The van der Waals surface area contributed by atoms with Gasteiger partial charge in [-0.3, -0.25) is 0 Å². The second-order valence-electron chi connectivity index (χ2n) is 4.76. The maximum absolute atomic E-state index is 5.85. The van der Waals surface area contributed by atoms with Crippen LogP contribution in [0.15, 0.2) is 42.7 Å². The van der Waals surface area contributed by atoms with Crippen LogP contribution in [0.5, 0.6) is 17.5 Å². The van der Waals surface area contributed by atoms with Crippen molar-refractivity contribution < 1.29 is 14.2 Å². The second-order valence-corrected chi connectivity index (χ2v) is 4.76. The molecule has 0 aliphatic carbocycles. The van der Waals surface area contributed by atoms with E-state index in [1.54, 1.807) is 18.5 Å². The smallest absolute Gasteiger partial charge is 0.316 e. The standard InChI is InChI=1S/C17H22N2O3/c1-3-14(4-2)22-16-8-6-15(7-9-16)20-12-13-21-17-18-10-5-11-19-17/h5-11,14H,3-4,12-13H2,1-2H3. The molecule has 2 aromatic rings. The van der Waals surface area contributed by atoms with Crippen molar-refractivity contribution in [2.75, 3.05) is 13.2 Å². The quantitative estimate of drug-likeness (QED) is 0.664. The molecule has 22 heavy (non-hydrogen) atoms. The monoisotopic (exact) mass is 302 g/mol. The third kappa shape index (κ3) is 5.24. The van der Waals surface area contributed by atoms with Crippen LogP contribution in [0.2, 0.25) is 0 Å². The highest BCUT2D eigenvalue weighted by Crippen LogP contribution is 2.20. The highest BCUT2D eigenvalue weighted by molar-refractivity contribution is 5.31. The Bertz CT molecular complexity index is 527. The number of nitrogens with zero attached hydrogens (tertiary/aromatic N) is 2. The first-order valence-corrected chi connectivity index (χ1v) is 7.61. The summed E-state index contributed by atoms with van der Waals surface area (Å²) in [5.74, 6) is 1.66. The zero-order valence-electron chi connectivity index (χ0n) is 13.1. The molecule has 118 valence electrons. The first-order valence-electron chi connectivity index (χ1n) is 7.61. The molecule has 0 N–H and O–H groups in total. The van der Waals surface area contributed by atoms with Gasteiger partial charge < -0.3 is 14.2 Å². The lowest BCUT2D eigenvalue weighted by Crippen LogP contribution is -2.13. The first-order chi connectivity index (χ1) is 10.8. The number of hydrogen-bond donors (Lipinski definition) is 0. The Kier molecular flexibility index (Phi) is 6.48. The molecule has 0 radical (unpaired) electrons.